The molecule has 0 bridgehead atoms. The van der Waals surface area contributed by atoms with Crippen molar-refractivity contribution in [3.8, 4) is 0 Å². The standard InChI is InChI=1S/C14H25N3O2.ClH/c1-12-10-17(9-7-15-12)14(19)11-16-8-5-3-2-4-6-13(16)18;/h12,15H,2-11H2,1H3;1H. The molecule has 1 atom stereocenters. The summed E-state index contributed by atoms with van der Waals surface area (Å²) in [6.45, 7) is 5.45. The van der Waals surface area contributed by atoms with Crippen molar-refractivity contribution in [2.75, 3.05) is 32.7 Å². The van der Waals surface area contributed by atoms with Crippen LogP contribution >= 0.6 is 12.4 Å². The number of halogens is 1. The van der Waals surface area contributed by atoms with Gasteiger partial charge in [0.05, 0.1) is 6.54 Å². The number of carbonyl (C=O) groups is 2. The number of hydrogen-bond acceptors (Lipinski definition) is 3. The molecule has 20 heavy (non-hydrogen) atoms. The Kier molecular flexibility index (Phi) is 7.30. The zero-order chi connectivity index (χ0) is 13.7. The second-order valence-corrected chi connectivity index (χ2v) is 5.67. The minimum atomic E-state index is 0. The summed E-state index contributed by atoms with van der Waals surface area (Å²) < 4.78 is 0. The van der Waals surface area contributed by atoms with Gasteiger partial charge >= 0.3 is 0 Å². The number of likely N-dealkylation sites (tertiary alicyclic amines) is 1. The molecule has 1 N–H and O–H groups in total. The monoisotopic (exact) mass is 303 g/mol. The first-order valence-electron chi connectivity index (χ1n) is 7.46. The maximum atomic E-state index is 12.3. The molecule has 2 aliphatic heterocycles. The van der Waals surface area contributed by atoms with Crippen molar-refractivity contribution in [2.24, 2.45) is 0 Å². The van der Waals surface area contributed by atoms with Crippen LogP contribution in [0.25, 0.3) is 0 Å². The minimum Gasteiger partial charge on any atom is -0.338 e. The third kappa shape index (κ3) is 4.94. The molecular formula is C14H26ClN3O2. The van der Waals surface area contributed by atoms with Gasteiger partial charge < -0.3 is 15.1 Å². The molecule has 2 rings (SSSR count). The SMILES string of the molecule is CC1CN(C(=O)CN2CCCCCCC2=O)CCN1.Cl. The first kappa shape index (κ1) is 17.2. The zero-order valence-corrected chi connectivity index (χ0v) is 13.1. The minimum absolute atomic E-state index is 0. The number of nitrogens with zero attached hydrogens (tertiary/aromatic N) is 2. The van der Waals surface area contributed by atoms with E-state index in [9.17, 15) is 9.59 Å². The average molecular weight is 304 g/mol. The van der Waals surface area contributed by atoms with Gasteiger partial charge in [0, 0.05) is 38.6 Å². The molecule has 0 aromatic carbocycles. The van der Waals surface area contributed by atoms with E-state index >= 15 is 0 Å². The van der Waals surface area contributed by atoms with Crippen LogP contribution in [0.1, 0.15) is 39.0 Å². The molecule has 0 aromatic heterocycles. The van der Waals surface area contributed by atoms with Crippen LogP contribution in [0.4, 0.5) is 0 Å². The maximum Gasteiger partial charge on any atom is 0.242 e. The fraction of sp³-hybridized carbons (Fsp3) is 0.857. The highest BCUT2D eigenvalue weighted by Crippen LogP contribution is 2.12. The quantitative estimate of drug-likeness (QED) is 0.829. The van der Waals surface area contributed by atoms with Gasteiger partial charge in [-0.1, -0.05) is 12.8 Å². The van der Waals surface area contributed by atoms with Crippen molar-refractivity contribution >= 4 is 24.2 Å². The fourth-order valence-corrected chi connectivity index (χ4v) is 2.80. The van der Waals surface area contributed by atoms with Gasteiger partial charge in [0.15, 0.2) is 0 Å². The van der Waals surface area contributed by atoms with Crippen molar-refractivity contribution in [3.05, 3.63) is 0 Å². The lowest BCUT2D eigenvalue weighted by Crippen LogP contribution is -2.54. The molecule has 0 aromatic rings. The molecule has 0 radical (unpaired) electrons. The maximum absolute atomic E-state index is 12.3. The van der Waals surface area contributed by atoms with Crippen LogP contribution in [0.5, 0.6) is 0 Å². The van der Waals surface area contributed by atoms with E-state index in [1.165, 1.54) is 6.42 Å². The van der Waals surface area contributed by atoms with E-state index in [4.69, 9.17) is 0 Å². The van der Waals surface area contributed by atoms with Crippen molar-refractivity contribution < 1.29 is 9.59 Å². The number of nitrogens with one attached hydrogen (secondary N) is 1. The second kappa shape index (κ2) is 8.47. The summed E-state index contributed by atoms with van der Waals surface area (Å²) in [7, 11) is 0. The fourth-order valence-electron chi connectivity index (χ4n) is 2.80. The first-order chi connectivity index (χ1) is 9.16. The van der Waals surface area contributed by atoms with Crippen molar-refractivity contribution in [2.45, 2.75) is 45.1 Å². The molecule has 2 fully saturated rings. The summed E-state index contributed by atoms with van der Waals surface area (Å²) in [5.41, 5.74) is 0. The van der Waals surface area contributed by atoms with Crippen LogP contribution in [0, 0.1) is 0 Å². The van der Waals surface area contributed by atoms with E-state index in [0.717, 1.165) is 45.4 Å². The highest BCUT2D eigenvalue weighted by atomic mass is 35.5. The van der Waals surface area contributed by atoms with Crippen molar-refractivity contribution in [3.63, 3.8) is 0 Å². The van der Waals surface area contributed by atoms with E-state index in [1.54, 1.807) is 4.90 Å². The van der Waals surface area contributed by atoms with Gasteiger partial charge in [-0.25, -0.2) is 0 Å². The molecule has 2 aliphatic rings. The predicted octanol–water partition coefficient (Wildman–Crippen LogP) is 1.02. The normalized spacial score (nSPS) is 24.6. The van der Waals surface area contributed by atoms with E-state index in [0.29, 0.717) is 12.5 Å². The summed E-state index contributed by atoms with van der Waals surface area (Å²) in [6, 6.07) is 0.348. The molecular weight excluding hydrogens is 278 g/mol. The lowest BCUT2D eigenvalue weighted by Gasteiger charge is -2.34. The van der Waals surface area contributed by atoms with Gasteiger partial charge in [-0.15, -0.1) is 12.4 Å². The van der Waals surface area contributed by atoms with Crippen LogP contribution in [0.3, 0.4) is 0 Å². The predicted molar refractivity (Wildman–Crippen MR) is 81.0 cm³/mol. The zero-order valence-electron chi connectivity index (χ0n) is 12.3. The first-order valence-corrected chi connectivity index (χ1v) is 7.46. The topological polar surface area (TPSA) is 52.7 Å². The largest absolute Gasteiger partial charge is 0.338 e. The molecule has 0 saturated carbocycles. The van der Waals surface area contributed by atoms with E-state index < -0.39 is 0 Å². The van der Waals surface area contributed by atoms with Crippen LogP contribution in [-0.2, 0) is 9.59 Å². The molecule has 2 heterocycles. The van der Waals surface area contributed by atoms with Gasteiger partial charge in [-0.2, -0.15) is 0 Å². The number of piperazine rings is 1. The molecule has 2 saturated heterocycles. The van der Waals surface area contributed by atoms with Crippen molar-refractivity contribution in [1.29, 1.82) is 0 Å². The van der Waals surface area contributed by atoms with Crippen LogP contribution in [0.2, 0.25) is 0 Å². The highest BCUT2D eigenvalue weighted by molar-refractivity contribution is 5.85. The van der Waals surface area contributed by atoms with Gasteiger partial charge in [0.2, 0.25) is 11.8 Å². The summed E-state index contributed by atoms with van der Waals surface area (Å²) in [5, 5.41) is 3.32. The Labute approximate surface area is 127 Å². The Balaban J connectivity index is 0.00000200. The summed E-state index contributed by atoms with van der Waals surface area (Å²) in [6.07, 6.45) is 4.90. The number of hydrogen-bond donors (Lipinski definition) is 1. The van der Waals surface area contributed by atoms with Crippen LogP contribution < -0.4 is 5.32 Å². The molecule has 0 aliphatic carbocycles. The van der Waals surface area contributed by atoms with E-state index in [2.05, 4.69) is 12.2 Å². The smallest absolute Gasteiger partial charge is 0.242 e. The molecule has 116 valence electrons. The van der Waals surface area contributed by atoms with Gasteiger partial charge in [-0.05, 0) is 19.8 Å². The number of carbonyl (C=O) groups excluding carboxylic acids is 2. The second-order valence-electron chi connectivity index (χ2n) is 5.67. The lowest BCUT2D eigenvalue weighted by molar-refractivity contribution is -0.141. The Hall–Kier alpha value is -0.810. The third-order valence-electron chi connectivity index (χ3n) is 3.97. The Bertz CT molecular complexity index is 338. The Morgan fingerprint density at radius 1 is 1.25 bits per heavy atom. The Morgan fingerprint density at radius 3 is 2.75 bits per heavy atom. The van der Waals surface area contributed by atoms with Gasteiger partial charge in [0.25, 0.3) is 0 Å². The average Bonchev–Trinajstić information content (AvgIpc) is 2.38. The van der Waals surface area contributed by atoms with Gasteiger partial charge in [0.1, 0.15) is 0 Å². The third-order valence-corrected chi connectivity index (χ3v) is 3.97. The molecule has 1 unspecified atom stereocenters. The molecule has 0 spiro atoms. The molecule has 5 nitrogen and oxygen atoms in total. The number of rotatable bonds is 2. The van der Waals surface area contributed by atoms with E-state index in [-0.39, 0.29) is 30.8 Å². The Morgan fingerprint density at radius 2 is 2.00 bits per heavy atom. The van der Waals surface area contributed by atoms with Crippen LogP contribution in [0.15, 0.2) is 0 Å². The van der Waals surface area contributed by atoms with Crippen molar-refractivity contribution in [1.82, 2.24) is 15.1 Å². The molecule has 2 amide bonds. The summed E-state index contributed by atoms with van der Waals surface area (Å²) in [4.78, 5) is 27.9. The highest BCUT2D eigenvalue weighted by Gasteiger charge is 2.24. The van der Waals surface area contributed by atoms with E-state index in [1.807, 2.05) is 4.90 Å². The number of amides is 2. The lowest BCUT2D eigenvalue weighted by atomic mass is 10.1. The summed E-state index contributed by atoms with van der Waals surface area (Å²) >= 11 is 0. The van der Waals surface area contributed by atoms with Crippen LogP contribution in [-0.4, -0.2) is 60.4 Å². The molecule has 6 heteroatoms. The van der Waals surface area contributed by atoms with Gasteiger partial charge in [-0.3, -0.25) is 9.59 Å². The summed E-state index contributed by atoms with van der Waals surface area (Å²) in [5.74, 6) is 0.249.